The Morgan fingerprint density at radius 2 is 2.04 bits per heavy atom. The van der Waals surface area contributed by atoms with Crippen molar-refractivity contribution in [1.29, 1.82) is 0 Å². The average Bonchev–Trinajstić information content (AvgIpc) is 3.22. The number of nitrogens with one attached hydrogen (secondary N) is 1. The summed E-state index contributed by atoms with van der Waals surface area (Å²) in [6.07, 6.45) is 4.65. The Kier molecular flexibility index (Phi) is 5.30. The number of pyridine rings is 1. The summed E-state index contributed by atoms with van der Waals surface area (Å²) in [5, 5.41) is 3.37. The summed E-state index contributed by atoms with van der Waals surface area (Å²) in [7, 11) is 0. The SMILES string of the molecule is O=C(CCc1ccc(-c2ccccc2)o1)N1CCNCC1c1cccnc1. The number of piperazine rings is 1. The summed E-state index contributed by atoms with van der Waals surface area (Å²) < 4.78 is 5.93. The molecular formula is C22H23N3O2. The molecule has 5 heteroatoms. The van der Waals surface area contributed by atoms with Gasteiger partial charge in [0.1, 0.15) is 11.5 Å². The second-order valence-electron chi connectivity index (χ2n) is 6.73. The van der Waals surface area contributed by atoms with Crippen LogP contribution in [0.4, 0.5) is 0 Å². The minimum Gasteiger partial charge on any atom is -0.461 e. The van der Waals surface area contributed by atoms with Crippen molar-refractivity contribution in [2.45, 2.75) is 18.9 Å². The van der Waals surface area contributed by atoms with Crippen LogP contribution in [0.1, 0.15) is 23.8 Å². The van der Waals surface area contributed by atoms with Crippen molar-refractivity contribution in [3.05, 3.63) is 78.3 Å². The van der Waals surface area contributed by atoms with Gasteiger partial charge < -0.3 is 14.6 Å². The number of carbonyl (C=O) groups excluding carboxylic acids is 1. The largest absolute Gasteiger partial charge is 0.461 e. The van der Waals surface area contributed by atoms with Crippen LogP contribution < -0.4 is 5.32 Å². The van der Waals surface area contributed by atoms with Gasteiger partial charge in [-0.15, -0.1) is 0 Å². The molecule has 1 aliphatic rings. The van der Waals surface area contributed by atoms with Crippen LogP contribution in [0.3, 0.4) is 0 Å². The highest BCUT2D eigenvalue weighted by Gasteiger charge is 2.27. The van der Waals surface area contributed by atoms with E-state index >= 15 is 0 Å². The molecule has 1 aliphatic heterocycles. The third-order valence-corrected chi connectivity index (χ3v) is 4.94. The molecule has 1 fully saturated rings. The van der Waals surface area contributed by atoms with Crippen LogP contribution >= 0.6 is 0 Å². The number of nitrogens with zero attached hydrogens (tertiary/aromatic N) is 2. The van der Waals surface area contributed by atoms with Gasteiger partial charge in [0.05, 0.1) is 6.04 Å². The van der Waals surface area contributed by atoms with Gasteiger partial charge in [-0.1, -0.05) is 36.4 Å². The molecule has 27 heavy (non-hydrogen) atoms. The number of hydrogen-bond donors (Lipinski definition) is 1. The van der Waals surface area contributed by atoms with Crippen molar-refractivity contribution in [2.75, 3.05) is 19.6 Å². The van der Waals surface area contributed by atoms with Crippen LogP contribution in [0.25, 0.3) is 11.3 Å². The Morgan fingerprint density at radius 3 is 2.85 bits per heavy atom. The summed E-state index contributed by atoms with van der Waals surface area (Å²) in [4.78, 5) is 19.0. The van der Waals surface area contributed by atoms with E-state index in [1.54, 1.807) is 6.20 Å². The maximum absolute atomic E-state index is 12.9. The fraction of sp³-hybridized carbons (Fsp3) is 0.273. The average molecular weight is 361 g/mol. The van der Waals surface area contributed by atoms with Crippen molar-refractivity contribution in [3.63, 3.8) is 0 Å². The number of rotatable bonds is 5. The summed E-state index contributed by atoms with van der Waals surface area (Å²) >= 11 is 0. The second kappa shape index (κ2) is 8.18. The number of aryl methyl sites for hydroxylation is 1. The van der Waals surface area contributed by atoms with Crippen molar-refractivity contribution in [1.82, 2.24) is 15.2 Å². The Morgan fingerprint density at radius 1 is 1.15 bits per heavy atom. The Balaban J connectivity index is 1.40. The van der Waals surface area contributed by atoms with E-state index in [0.29, 0.717) is 19.4 Å². The number of amides is 1. The second-order valence-corrected chi connectivity index (χ2v) is 6.73. The number of furan rings is 1. The van der Waals surface area contributed by atoms with Gasteiger partial charge >= 0.3 is 0 Å². The molecular weight excluding hydrogens is 338 g/mol. The first kappa shape index (κ1) is 17.5. The van der Waals surface area contributed by atoms with Crippen molar-refractivity contribution in [2.24, 2.45) is 0 Å². The predicted molar refractivity (Wildman–Crippen MR) is 104 cm³/mol. The van der Waals surface area contributed by atoms with Crippen molar-refractivity contribution >= 4 is 5.91 Å². The first-order chi connectivity index (χ1) is 13.3. The summed E-state index contributed by atoms with van der Waals surface area (Å²) in [5.74, 6) is 1.84. The molecule has 1 saturated heterocycles. The lowest BCUT2D eigenvalue weighted by Gasteiger charge is -2.36. The zero-order valence-corrected chi connectivity index (χ0v) is 15.2. The summed E-state index contributed by atoms with van der Waals surface area (Å²) in [6.45, 7) is 2.30. The van der Waals surface area contributed by atoms with Crippen LogP contribution in [0, 0.1) is 0 Å². The molecule has 1 aromatic carbocycles. The number of hydrogen-bond acceptors (Lipinski definition) is 4. The molecule has 0 radical (unpaired) electrons. The molecule has 5 nitrogen and oxygen atoms in total. The molecule has 1 unspecified atom stereocenters. The molecule has 3 aromatic rings. The number of carbonyl (C=O) groups is 1. The summed E-state index contributed by atoms with van der Waals surface area (Å²) in [6, 6.07) is 17.9. The van der Waals surface area contributed by atoms with E-state index in [4.69, 9.17) is 4.42 Å². The molecule has 0 saturated carbocycles. The van der Waals surface area contributed by atoms with Gasteiger partial charge in [0, 0.05) is 50.4 Å². The van der Waals surface area contributed by atoms with Gasteiger partial charge in [0.25, 0.3) is 0 Å². The third-order valence-electron chi connectivity index (χ3n) is 4.94. The standard InChI is InChI=1S/C22H23N3O2/c26-22(25-14-13-24-16-20(25)18-7-4-12-23-15-18)11-9-19-8-10-21(27-19)17-5-2-1-3-6-17/h1-8,10,12,15,20,24H,9,11,13-14,16H2. The molecule has 4 rings (SSSR count). The van der Waals surface area contributed by atoms with E-state index < -0.39 is 0 Å². The Labute approximate surface area is 159 Å². The molecule has 0 bridgehead atoms. The lowest BCUT2D eigenvalue weighted by molar-refractivity contribution is -0.134. The van der Waals surface area contributed by atoms with E-state index in [9.17, 15) is 4.79 Å². The van der Waals surface area contributed by atoms with Crippen molar-refractivity contribution in [3.8, 4) is 11.3 Å². The molecule has 1 N–H and O–H groups in total. The van der Waals surface area contributed by atoms with Gasteiger partial charge in [0.15, 0.2) is 0 Å². The fourth-order valence-electron chi connectivity index (χ4n) is 3.52. The fourth-order valence-corrected chi connectivity index (χ4v) is 3.52. The predicted octanol–water partition coefficient (Wildman–Crippen LogP) is 3.45. The molecule has 138 valence electrons. The quantitative estimate of drug-likeness (QED) is 0.756. The lowest BCUT2D eigenvalue weighted by Crippen LogP contribution is -2.48. The molecule has 0 spiro atoms. The van der Waals surface area contributed by atoms with Gasteiger partial charge in [-0.05, 0) is 23.8 Å². The Bertz CT molecular complexity index is 877. The van der Waals surface area contributed by atoms with E-state index in [-0.39, 0.29) is 11.9 Å². The molecule has 0 aliphatic carbocycles. The monoisotopic (exact) mass is 361 g/mol. The number of aromatic nitrogens is 1. The van der Waals surface area contributed by atoms with Crippen LogP contribution in [0.2, 0.25) is 0 Å². The van der Waals surface area contributed by atoms with Crippen LogP contribution in [-0.2, 0) is 11.2 Å². The van der Waals surface area contributed by atoms with Gasteiger partial charge in [0.2, 0.25) is 5.91 Å². The lowest BCUT2D eigenvalue weighted by atomic mass is 10.0. The first-order valence-electron chi connectivity index (χ1n) is 9.35. The van der Waals surface area contributed by atoms with E-state index in [1.807, 2.05) is 65.7 Å². The van der Waals surface area contributed by atoms with Crippen LogP contribution in [0.15, 0.2) is 71.4 Å². The van der Waals surface area contributed by atoms with Crippen molar-refractivity contribution < 1.29 is 9.21 Å². The maximum atomic E-state index is 12.9. The highest BCUT2D eigenvalue weighted by molar-refractivity contribution is 5.77. The first-order valence-corrected chi connectivity index (χ1v) is 9.35. The van der Waals surface area contributed by atoms with Gasteiger partial charge in [-0.2, -0.15) is 0 Å². The zero-order valence-electron chi connectivity index (χ0n) is 15.2. The topological polar surface area (TPSA) is 58.4 Å². The molecule has 3 heterocycles. The molecule has 1 amide bonds. The molecule has 1 atom stereocenters. The highest BCUT2D eigenvalue weighted by Crippen LogP contribution is 2.25. The number of benzene rings is 1. The van der Waals surface area contributed by atoms with E-state index in [2.05, 4.69) is 10.3 Å². The van der Waals surface area contributed by atoms with E-state index in [1.165, 1.54) is 0 Å². The molecule has 2 aromatic heterocycles. The minimum absolute atomic E-state index is 0.0384. The van der Waals surface area contributed by atoms with E-state index in [0.717, 1.165) is 35.7 Å². The zero-order chi connectivity index (χ0) is 18.5. The smallest absolute Gasteiger partial charge is 0.223 e. The third kappa shape index (κ3) is 4.09. The van der Waals surface area contributed by atoms with Gasteiger partial charge in [-0.3, -0.25) is 9.78 Å². The summed E-state index contributed by atoms with van der Waals surface area (Å²) in [5.41, 5.74) is 2.12. The van der Waals surface area contributed by atoms with Crippen LogP contribution in [-0.4, -0.2) is 35.4 Å². The van der Waals surface area contributed by atoms with Gasteiger partial charge in [-0.25, -0.2) is 0 Å². The normalized spacial score (nSPS) is 17.0. The highest BCUT2D eigenvalue weighted by atomic mass is 16.3. The maximum Gasteiger partial charge on any atom is 0.223 e. The van der Waals surface area contributed by atoms with Crippen LogP contribution in [0.5, 0.6) is 0 Å². The minimum atomic E-state index is 0.0384. The Hall–Kier alpha value is -2.92.